The van der Waals surface area contributed by atoms with Crippen molar-refractivity contribution in [3.8, 4) is 11.4 Å². The van der Waals surface area contributed by atoms with E-state index in [1.165, 1.54) is 29.4 Å². The summed E-state index contributed by atoms with van der Waals surface area (Å²) >= 11 is 0. The summed E-state index contributed by atoms with van der Waals surface area (Å²) < 4.78 is 53.0. The minimum absolute atomic E-state index is 0.000371. The van der Waals surface area contributed by atoms with Gasteiger partial charge >= 0.3 is 6.18 Å². The van der Waals surface area contributed by atoms with E-state index in [4.69, 9.17) is 0 Å². The molecule has 2 heterocycles. The number of benzene rings is 1. The van der Waals surface area contributed by atoms with Gasteiger partial charge in [-0.05, 0) is 36.6 Å². The Kier molecular flexibility index (Phi) is 5.54. The molecule has 1 fully saturated rings. The normalized spacial score (nSPS) is 15.6. The van der Waals surface area contributed by atoms with Crippen LogP contribution < -0.4 is 5.43 Å². The van der Waals surface area contributed by atoms with E-state index < -0.39 is 18.4 Å². The highest BCUT2D eigenvalue weighted by molar-refractivity contribution is 5.89. The number of hydrazine groups is 1. The fourth-order valence-corrected chi connectivity index (χ4v) is 2.71. The van der Waals surface area contributed by atoms with Gasteiger partial charge in [0, 0.05) is 30.9 Å². The molecule has 0 aliphatic carbocycles. The average molecular weight is 383 g/mol. The van der Waals surface area contributed by atoms with Crippen molar-refractivity contribution in [3.05, 3.63) is 41.7 Å². The maximum Gasteiger partial charge on any atom is 0.416 e. The van der Waals surface area contributed by atoms with Crippen molar-refractivity contribution in [3.63, 3.8) is 0 Å². The third-order valence-corrected chi connectivity index (χ3v) is 3.99. The Morgan fingerprint density at radius 3 is 2.63 bits per heavy atom. The first-order valence-corrected chi connectivity index (χ1v) is 8.27. The van der Waals surface area contributed by atoms with Crippen LogP contribution in [0.1, 0.15) is 24.0 Å². The van der Waals surface area contributed by atoms with E-state index >= 15 is 0 Å². The predicted molar refractivity (Wildman–Crippen MR) is 89.6 cm³/mol. The van der Waals surface area contributed by atoms with E-state index in [0.29, 0.717) is 0 Å². The lowest BCUT2D eigenvalue weighted by Gasteiger charge is -2.14. The second-order valence-corrected chi connectivity index (χ2v) is 6.08. The molecular formula is C17H17F4N5O. The topological polar surface area (TPSA) is 63.1 Å². The molecule has 0 atom stereocenters. The number of nitrogens with zero attached hydrogens (tertiary/aromatic N) is 4. The second-order valence-electron chi connectivity index (χ2n) is 6.08. The van der Waals surface area contributed by atoms with Crippen LogP contribution >= 0.6 is 0 Å². The number of alkyl halides is 4. The third-order valence-electron chi connectivity index (χ3n) is 3.99. The quantitative estimate of drug-likeness (QED) is 0.637. The van der Waals surface area contributed by atoms with Crippen LogP contribution in [0.25, 0.3) is 17.6 Å². The van der Waals surface area contributed by atoms with Gasteiger partial charge in [-0.1, -0.05) is 0 Å². The van der Waals surface area contributed by atoms with E-state index in [-0.39, 0.29) is 22.9 Å². The van der Waals surface area contributed by atoms with Crippen molar-refractivity contribution in [1.82, 2.24) is 25.2 Å². The van der Waals surface area contributed by atoms with Gasteiger partial charge in [0.15, 0.2) is 5.82 Å². The number of hydrogen-bond donors (Lipinski definition) is 1. The Hall–Kier alpha value is -2.75. The van der Waals surface area contributed by atoms with Crippen molar-refractivity contribution >= 4 is 12.1 Å². The summed E-state index contributed by atoms with van der Waals surface area (Å²) in [6.07, 6.45) is 1.28. The smallest absolute Gasteiger partial charge is 0.285 e. The monoisotopic (exact) mass is 383 g/mol. The van der Waals surface area contributed by atoms with Crippen LogP contribution in [0.3, 0.4) is 0 Å². The molecule has 1 aliphatic rings. The Labute approximate surface area is 152 Å². The molecule has 6 nitrogen and oxygen atoms in total. The minimum atomic E-state index is -4.60. The SMILES string of the molecule is O=C(/C=C\n1cnc(-c2cc(CF)cc(C(F)(F)F)c2)n1)NN1CCCC1. The molecule has 144 valence electrons. The maximum atomic E-state index is 13.0. The molecule has 1 aromatic heterocycles. The van der Waals surface area contributed by atoms with Crippen molar-refractivity contribution in [2.75, 3.05) is 13.1 Å². The number of aromatic nitrogens is 3. The zero-order valence-corrected chi connectivity index (χ0v) is 14.2. The van der Waals surface area contributed by atoms with E-state index in [0.717, 1.165) is 38.1 Å². The van der Waals surface area contributed by atoms with Gasteiger partial charge in [0.1, 0.15) is 13.0 Å². The van der Waals surface area contributed by atoms with E-state index in [1.807, 2.05) is 0 Å². The first kappa shape index (κ1) is 19.0. The molecule has 1 N–H and O–H groups in total. The van der Waals surface area contributed by atoms with E-state index in [2.05, 4.69) is 15.5 Å². The standard InChI is InChI=1S/C17H17F4N5O/c18-10-12-7-13(9-14(8-12)17(19,20)21)16-22-11-26(24-16)6-3-15(27)23-25-4-1-2-5-25/h3,6-9,11H,1-2,4-5,10H2,(H,23,27)/b6-3-. The number of halogens is 4. The molecule has 1 amide bonds. The van der Waals surface area contributed by atoms with Crippen LogP contribution in [0.4, 0.5) is 17.6 Å². The fraction of sp³-hybridized carbons (Fsp3) is 0.353. The third kappa shape index (κ3) is 4.91. The van der Waals surface area contributed by atoms with E-state index in [1.54, 1.807) is 5.01 Å². The average Bonchev–Trinajstić information content (AvgIpc) is 3.30. The van der Waals surface area contributed by atoms with Gasteiger partial charge in [-0.3, -0.25) is 10.2 Å². The Balaban J connectivity index is 1.75. The van der Waals surface area contributed by atoms with Crippen LogP contribution in [0.15, 0.2) is 30.6 Å². The van der Waals surface area contributed by atoms with Gasteiger partial charge in [-0.15, -0.1) is 5.10 Å². The predicted octanol–water partition coefficient (Wildman–Crippen LogP) is 3.03. The van der Waals surface area contributed by atoms with Crippen LogP contribution in [-0.4, -0.2) is 38.8 Å². The molecule has 2 aromatic rings. The van der Waals surface area contributed by atoms with Crippen molar-refractivity contribution < 1.29 is 22.4 Å². The lowest BCUT2D eigenvalue weighted by Crippen LogP contribution is -2.39. The molecular weight excluding hydrogens is 366 g/mol. The number of hydrogen-bond acceptors (Lipinski definition) is 4. The fourth-order valence-electron chi connectivity index (χ4n) is 2.71. The van der Waals surface area contributed by atoms with E-state index in [9.17, 15) is 22.4 Å². The molecule has 0 bridgehead atoms. The first-order valence-electron chi connectivity index (χ1n) is 8.27. The molecule has 1 saturated heterocycles. The van der Waals surface area contributed by atoms with Gasteiger partial charge in [0.2, 0.25) is 0 Å². The summed E-state index contributed by atoms with van der Waals surface area (Å²) in [5.41, 5.74) is 1.67. The molecule has 3 rings (SSSR count). The van der Waals surface area contributed by atoms with Crippen LogP contribution in [0.5, 0.6) is 0 Å². The Bertz CT molecular complexity index is 840. The summed E-state index contributed by atoms with van der Waals surface area (Å²) in [4.78, 5) is 15.8. The zero-order chi connectivity index (χ0) is 19.4. The number of nitrogens with one attached hydrogen (secondary N) is 1. The van der Waals surface area contributed by atoms with Gasteiger partial charge in [-0.2, -0.15) is 13.2 Å². The number of carbonyl (C=O) groups excluding carboxylic acids is 1. The van der Waals surface area contributed by atoms with Gasteiger partial charge < -0.3 is 0 Å². The first-order chi connectivity index (χ1) is 12.8. The summed E-state index contributed by atoms with van der Waals surface area (Å²) in [6, 6.07) is 2.88. The highest BCUT2D eigenvalue weighted by Crippen LogP contribution is 2.32. The summed E-state index contributed by atoms with van der Waals surface area (Å²) in [5.74, 6) is -0.340. The molecule has 27 heavy (non-hydrogen) atoms. The number of carbonyl (C=O) groups is 1. The van der Waals surface area contributed by atoms with Crippen molar-refractivity contribution in [2.45, 2.75) is 25.7 Å². The molecule has 0 spiro atoms. The molecule has 0 radical (unpaired) electrons. The highest BCUT2D eigenvalue weighted by atomic mass is 19.4. The van der Waals surface area contributed by atoms with Crippen LogP contribution in [0.2, 0.25) is 0 Å². The number of amides is 1. The van der Waals surface area contributed by atoms with Crippen molar-refractivity contribution in [2.24, 2.45) is 0 Å². The van der Waals surface area contributed by atoms with Crippen molar-refractivity contribution in [1.29, 1.82) is 0 Å². The summed E-state index contributed by atoms with van der Waals surface area (Å²) in [7, 11) is 0. The molecule has 1 aromatic carbocycles. The second kappa shape index (κ2) is 7.87. The zero-order valence-electron chi connectivity index (χ0n) is 14.2. The molecule has 0 unspecified atom stereocenters. The summed E-state index contributed by atoms with van der Waals surface area (Å²) in [6.45, 7) is 0.549. The Morgan fingerprint density at radius 1 is 1.22 bits per heavy atom. The largest absolute Gasteiger partial charge is 0.416 e. The van der Waals surface area contributed by atoms with Gasteiger partial charge in [0.05, 0.1) is 5.56 Å². The lowest BCUT2D eigenvalue weighted by atomic mass is 10.1. The van der Waals surface area contributed by atoms with Gasteiger partial charge in [0.25, 0.3) is 5.91 Å². The minimum Gasteiger partial charge on any atom is -0.285 e. The molecule has 1 aliphatic heterocycles. The van der Waals surface area contributed by atoms with Crippen LogP contribution in [0, 0.1) is 0 Å². The molecule has 0 saturated carbocycles. The highest BCUT2D eigenvalue weighted by Gasteiger charge is 2.31. The van der Waals surface area contributed by atoms with Crippen LogP contribution in [-0.2, 0) is 17.6 Å². The number of rotatable bonds is 5. The Morgan fingerprint density at radius 2 is 1.96 bits per heavy atom. The van der Waals surface area contributed by atoms with Gasteiger partial charge in [-0.25, -0.2) is 19.1 Å². The molecule has 10 heteroatoms. The lowest BCUT2D eigenvalue weighted by molar-refractivity contribution is -0.137. The summed E-state index contributed by atoms with van der Waals surface area (Å²) in [5, 5.41) is 5.82. The maximum absolute atomic E-state index is 13.0.